The maximum absolute atomic E-state index is 11.8. The average Bonchev–Trinajstić information content (AvgIpc) is 2.43. The van der Waals surface area contributed by atoms with Crippen molar-refractivity contribution in [2.45, 2.75) is 20.8 Å². The maximum Gasteiger partial charge on any atom is 0.336 e. The summed E-state index contributed by atoms with van der Waals surface area (Å²) in [4.78, 5) is 11.8. The Balaban J connectivity index is 2.05. The van der Waals surface area contributed by atoms with E-state index >= 15 is 0 Å². The summed E-state index contributed by atoms with van der Waals surface area (Å²) in [6.07, 6.45) is 3.21. The number of ether oxygens (including phenoxy) is 1. The van der Waals surface area contributed by atoms with Gasteiger partial charge in [-0.05, 0) is 49.6 Å². The molecule has 2 aromatic carbocycles. The van der Waals surface area contributed by atoms with Crippen LogP contribution in [0.4, 0.5) is 0 Å². The largest absolute Gasteiger partial charge is 0.423 e. The lowest BCUT2D eigenvalue weighted by atomic mass is 10.1. The van der Waals surface area contributed by atoms with Crippen molar-refractivity contribution in [3.05, 3.63) is 70.8 Å². The first-order valence-electron chi connectivity index (χ1n) is 6.59. The molecule has 102 valence electrons. The van der Waals surface area contributed by atoms with Crippen LogP contribution in [0.25, 0.3) is 6.08 Å². The van der Waals surface area contributed by atoms with Gasteiger partial charge >= 0.3 is 5.97 Å². The van der Waals surface area contributed by atoms with E-state index in [4.69, 9.17) is 4.74 Å². The highest BCUT2D eigenvalue weighted by Gasteiger charge is 2.05. The van der Waals surface area contributed by atoms with Crippen LogP contribution in [0.1, 0.15) is 22.3 Å². The Morgan fingerprint density at radius 1 is 1.00 bits per heavy atom. The van der Waals surface area contributed by atoms with Crippen LogP contribution in [0.2, 0.25) is 0 Å². The number of rotatable bonds is 3. The van der Waals surface area contributed by atoms with Gasteiger partial charge in [-0.3, -0.25) is 0 Å². The van der Waals surface area contributed by atoms with Gasteiger partial charge in [0.1, 0.15) is 5.75 Å². The zero-order chi connectivity index (χ0) is 14.5. The Hall–Kier alpha value is -2.35. The van der Waals surface area contributed by atoms with Crippen molar-refractivity contribution >= 4 is 12.0 Å². The molecule has 0 saturated carbocycles. The number of benzene rings is 2. The van der Waals surface area contributed by atoms with Crippen LogP contribution in [-0.2, 0) is 4.79 Å². The molecular weight excluding hydrogens is 248 g/mol. The van der Waals surface area contributed by atoms with Gasteiger partial charge in [-0.1, -0.05) is 42.0 Å². The molecule has 20 heavy (non-hydrogen) atoms. The van der Waals surface area contributed by atoms with E-state index < -0.39 is 0 Å². The molecular formula is C18H18O2. The van der Waals surface area contributed by atoms with Gasteiger partial charge < -0.3 is 4.74 Å². The van der Waals surface area contributed by atoms with Crippen molar-refractivity contribution < 1.29 is 9.53 Å². The van der Waals surface area contributed by atoms with Crippen LogP contribution >= 0.6 is 0 Å². The Labute approximate surface area is 119 Å². The SMILES string of the molecule is Cc1ccc(C=CC(=O)Oc2cccc(C)c2C)cc1. The van der Waals surface area contributed by atoms with Crippen LogP contribution in [0.3, 0.4) is 0 Å². The second-order valence-corrected chi connectivity index (χ2v) is 4.86. The lowest BCUT2D eigenvalue weighted by Crippen LogP contribution is -2.05. The third-order valence-corrected chi connectivity index (χ3v) is 3.25. The molecule has 2 heteroatoms. The first-order valence-corrected chi connectivity index (χ1v) is 6.59. The fraction of sp³-hybridized carbons (Fsp3) is 0.167. The monoisotopic (exact) mass is 266 g/mol. The lowest BCUT2D eigenvalue weighted by Gasteiger charge is -2.07. The molecule has 2 aromatic rings. The van der Waals surface area contributed by atoms with Crippen LogP contribution in [0.15, 0.2) is 48.5 Å². The van der Waals surface area contributed by atoms with Gasteiger partial charge in [0.25, 0.3) is 0 Å². The molecule has 0 aliphatic heterocycles. The second-order valence-electron chi connectivity index (χ2n) is 4.86. The Bertz CT molecular complexity index is 637. The fourth-order valence-electron chi connectivity index (χ4n) is 1.82. The van der Waals surface area contributed by atoms with Crippen molar-refractivity contribution in [3.63, 3.8) is 0 Å². The molecule has 0 bridgehead atoms. The van der Waals surface area contributed by atoms with Crippen LogP contribution in [-0.4, -0.2) is 5.97 Å². The van der Waals surface area contributed by atoms with Crippen molar-refractivity contribution in [3.8, 4) is 5.75 Å². The molecule has 0 amide bonds. The normalized spacial score (nSPS) is 10.8. The van der Waals surface area contributed by atoms with Crippen molar-refractivity contribution in [1.29, 1.82) is 0 Å². The molecule has 0 saturated heterocycles. The number of carbonyl (C=O) groups is 1. The van der Waals surface area contributed by atoms with Gasteiger partial charge in [-0.2, -0.15) is 0 Å². The molecule has 0 fully saturated rings. The predicted octanol–water partition coefficient (Wildman–Crippen LogP) is 4.23. The number of esters is 1. The average molecular weight is 266 g/mol. The molecule has 0 spiro atoms. The minimum atomic E-state index is -0.362. The zero-order valence-corrected chi connectivity index (χ0v) is 12.0. The third-order valence-electron chi connectivity index (χ3n) is 3.25. The Morgan fingerprint density at radius 2 is 1.70 bits per heavy atom. The summed E-state index contributed by atoms with van der Waals surface area (Å²) in [5.41, 5.74) is 4.27. The quantitative estimate of drug-likeness (QED) is 0.472. The number of carbonyl (C=O) groups excluding carboxylic acids is 1. The van der Waals surface area contributed by atoms with Gasteiger partial charge in [0.2, 0.25) is 0 Å². The first-order chi connectivity index (χ1) is 9.56. The highest BCUT2D eigenvalue weighted by Crippen LogP contribution is 2.20. The van der Waals surface area contributed by atoms with Crippen LogP contribution in [0.5, 0.6) is 5.75 Å². The number of aryl methyl sites for hydroxylation is 2. The van der Waals surface area contributed by atoms with Gasteiger partial charge in [0.05, 0.1) is 0 Å². The summed E-state index contributed by atoms with van der Waals surface area (Å²) < 4.78 is 5.35. The Morgan fingerprint density at radius 3 is 2.40 bits per heavy atom. The standard InChI is InChI=1S/C18H18O2/c1-13-7-9-16(10-8-13)11-12-18(19)20-17-6-4-5-14(2)15(17)3/h4-12H,1-3H3. The summed E-state index contributed by atoms with van der Waals surface area (Å²) in [6, 6.07) is 13.6. The van der Waals surface area contributed by atoms with E-state index in [2.05, 4.69) is 0 Å². The summed E-state index contributed by atoms with van der Waals surface area (Å²) in [7, 11) is 0. The minimum absolute atomic E-state index is 0.362. The molecule has 0 unspecified atom stereocenters. The molecule has 0 heterocycles. The summed E-state index contributed by atoms with van der Waals surface area (Å²) in [5, 5.41) is 0. The van der Waals surface area contributed by atoms with Crippen LogP contribution < -0.4 is 4.74 Å². The van der Waals surface area contributed by atoms with Gasteiger partial charge in [0, 0.05) is 6.08 Å². The van der Waals surface area contributed by atoms with Gasteiger partial charge in [0.15, 0.2) is 0 Å². The van der Waals surface area contributed by atoms with E-state index in [0.29, 0.717) is 5.75 Å². The van der Waals surface area contributed by atoms with Crippen molar-refractivity contribution in [1.82, 2.24) is 0 Å². The molecule has 0 N–H and O–H groups in total. The van der Waals surface area contributed by atoms with Crippen molar-refractivity contribution in [2.24, 2.45) is 0 Å². The highest BCUT2D eigenvalue weighted by atomic mass is 16.5. The topological polar surface area (TPSA) is 26.3 Å². The van der Waals surface area contributed by atoms with E-state index in [-0.39, 0.29) is 5.97 Å². The molecule has 0 aromatic heterocycles. The smallest absolute Gasteiger partial charge is 0.336 e. The third kappa shape index (κ3) is 3.58. The summed E-state index contributed by atoms with van der Waals surface area (Å²) >= 11 is 0. The summed E-state index contributed by atoms with van der Waals surface area (Å²) in [5.74, 6) is 0.253. The molecule has 0 aliphatic rings. The van der Waals surface area contributed by atoms with Gasteiger partial charge in [-0.25, -0.2) is 4.79 Å². The fourth-order valence-corrected chi connectivity index (χ4v) is 1.82. The zero-order valence-electron chi connectivity index (χ0n) is 12.0. The van der Waals surface area contributed by atoms with E-state index in [0.717, 1.165) is 16.7 Å². The molecule has 0 aliphatic carbocycles. The van der Waals surface area contributed by atoms with Crippen molar-refractivity contribution in [2.75, 3.05) is 0 Å². The lowest BCUT2D eigenvalue weighted by molar-refractivity contribution is -0.128. The van der Waals surface area contributed by atoms with E-state index in [1.807, 2.05) is 57.2 Å². The first kappa shape index (κ1) is 14.1. The predicted molar refractivity (Wildman–Crippen MR) is 81.8 cm³/mol. The maximum atomic E-state index is 11.8. The molecule has 2 nitrogen and oxygen atoms in total. The molecule has 2 rings (SSSR count). The number of hydrogen-bond acceptors (Lipinski definition) is 2. The minimum Gasteiger partial charge on any atom is -0.423 e. The van der Waals surface area contributed by atoms with Gasteiger partial charge in [-0.15, -0.1) is 0 Å². The van der Waals surface area contributed by atoms with E-state index in [1.54, 1.807) is 12.1 Å². The van der Waals surface area contributed by atoms with Crippen LogP contribution in [0, 0.1) is 20.8 Å². The molecule has 0 atom stereocenters. The van der Waals surface area contributed by atoms with E-state index in [9.17, 15) is 4.79 Å². The Kier molecular flexibility index (Phi) is 4.36. The second kappa shape index (κ2) is 6.20. The highest BCUT2D eigenvalue weighted by molar-refractivity contribution is 5.88. The van der Waals surface area contributed by atoms with E-state index in [1.165, 1.54) is 11.6 Å². The summed E-state index contributed by atoms with van der Waals surface area (Å²) in [6.45, 7) is 5.97. The molecule has 0 radical (unpaired) electrons. The number of hydrogen-bond donors (Lipinski definition) is 0.